The molecular formula is C26H25ClN2O7. The maximum Gasteiger partial charge on any atom is 0.355 e. The summed E-state index contributed by atoms with van der Waals surface area (Å²) in [7, 11) is 5.66. The quantitative estimate of drug-likeness (QED) is 0.291. The average Bonchev–Trinajstić information content (AvgIpc) is 2.87. The molecule has 0 bridgehead atoms. The maximum atomic E-state index is 13.7. The Bertz CT molecular complexity index is 1470. The molecule has 0 saturated carbocycles. The highest BCUT2D eigenvalue weighted by atomic mass is 35.5. The predicted octanol–water partition coefficient (Wildman–Crippen LogP) is 4.18. The molecule has 0 fully saturated rings. The van der Waals surface area contributed by atoms with Crippen LogP contribution in [0.3, 0.4) is 0 Å². The Hall–Kier alpha value is -4.37. The van der Waals surface area contributed by atoms with Crippen molar-refractivity contribution in [2.75, 3.05) is 34.2 Å². The molecule has 36 heavy (non-hydrogen) atoms. The first-order valence-electron chi connectivity index (χ1n) is 10.5. The topological polar surface area (TPSA) is 122 Å². The van der Waals surface area contributed by atoms with E-state index in [1.54, 1.807) is 48.5 Å². The van der Waals surface area contributed by atoms with E-state index in [9.17, 15) is 14.7 Å². The summed E-state index contributed by atoms with van der Waals surface area (Å²) in [4.78, 5) is 26.9. The molecule has 0 spiro atoms. The number of benzene rings is 3. The molecule has 0 unspecified atom stereocenters. The fraction of sp³-hybridized carbons (Fsp3) is 0.154. The Morgan fingerprint density at radius 1 is 0.917 bits per heavy atom. The fourth-order valence-corrected chi connectivity index (χ4v) is 4.10. The molecule has 188 valence electrons. The molecular weight excluding hydrogens is 488 g/mol. The van der Waals surface area contributed by atoms with Crippen LogP contribution < -0.4 is 25.5 Å². The van der Waals surface area contributed by atoms with Crippen molar-refractivity contribution in [1.82, 2.24) is 4.57 Å². The number of ether oxygens (including phenoxy) is 4. The minimum atomic E-state index is -0.757. The second-order valence-corrected chi connectivity index (χ2v) is 7.56. The van der Waals surface area contributed by atoms with Gasteiger partial charge in [-0.15, -0.1) is 12.4 Å². The van der Waals surface area contributed by atoms with Crippen molar-refractivity contribution in [3.05, 3.63) is 70.6 Å². The number of hydrogen-bond donors (Lipinski definition) is 2. The number of aromatic nitrogens is 1. The van der Waals surface area contributed by atoms with Crippen LogP contribution in [0, 0.1) is 0 Å². The molecule has 3 N–H and O–H groups in total. The van der Waals surface area contributed by atoms with Gasteiger partial charge in [0.15, 0.2) is 11.5 Å². The Balaban J connectivity index is 0.00000361. The molecule has 0 aliphatic carbocycles. The van der Waals surface area contributed by atoms with Crippen LogP contribution in [0.2, 0.25) is 0 Å². The minimum absolute atomic E-state index is 0. The zero-order valence-corrected chi connectivity index (χ0v) is 20.8. The number of pyridine rings is 1. The monoisotopic (exact) mass is 512 g/mol. The number of aromatic hydroxyl groups is 1. The summed E-state index contributed by atoms with van der Waals surface area (Å²) in [5, 5.41) is 11.1. The number of halogens is 1. The van der Waals surface area contributed by atoms with Gasteiger partial charge in [-0.05, 0) is 48.0 Å². The van der Waals surface area contributed by atoms with Crippen molar-refractivity contribution < 1.29 is 28.8 Å². The van der Waals surface area contributed by atoms with Gasteiger partial charge in [-0.2, -0.15) is 0 Å². The fourth-order valence-electron chi connectivity index (χ4n) is 4.10. The number of phenolic OH excluding ortho intramolecular Hbond substituents is 1. The van der Waals surface area contributed by atoms with Gasteiger partial charge in [0.1, 0.15) is 11.4 Å². The second-order valence-electron chi connectivity index (χ2n) is 7.56. The molecule has 10 heteroatoms. The van der Waals surface area contributed by atoms with E-state index < -0.39 is 11.5 Å². The van der Waals surface area contributed by atoms with Crippen LogP contribution in [0.25, 0.3) is 27.6 Å². The third-order valence-corrected chi connectivity index (χ3v) is 5.67. The average molecular weight is 513 g/mol. The van der Waals surface area contributed by atoms with Crippen LogP contribution in [0.1, 0.15) is 10.5 Å². The number of nitrogen functional groups attached to an aromatic ring is 1. The summed E-state index contributed by atoms with van der Waals surface area (Å²) in [5.74, 6) is 0.0551. The number of fused-ring (bicyclic) bond motifs is 1. The van der Waals surface area contributed by atoms with Gasteiger partial charge < -0.3 is 29.8 Å². The number of rotatable bonds is 6. The Morgan fingerprint density at radius 2 is 1.53 bits per heavy atom. The van der Waals surface area contributed by atoms with Crippen molar-refractivity contribution in [1.29, 1.82) is 0 Å². The van der Waals surface area contributed by atoms with Gasteiger partial charge in [0.25, 0.3) is 5.56 Å². The molecule has 1 aromatic heterocycles. The summed E-state index contributed by atoms with van der Waals surface area (Å²) < 4.78 is 22.7. The lowest BCUT2D eigenvalue weighted by molar-refractivity contribution is 0.0591. The maximum absolute atomic E-state index is 13.7. The molecule has 0 aliphatic rings. The zero-order valence-electron chi connectivity index (χ0n) is 20.0. The standard InChI is InChI=1S/C26H24N2O7.ClH/c1-32-19-12-14(13-20(33-2)24(19)34-3)21-17-6-5-7-18(29)22(17)25(30)28(23(21)26(31)35-4)16-10-8-15(27)9-11-16;/h5-13,29H,27H2,1-4H3;1H. The van der Waals surface area contributed by atoms with Crippen LogP contribution in [-0.2, 0) is 4.74 Å². The van der Waals surface area contributed by atoms with Gasteiger partial charge in [-0.25, -0.2) is 4.79 Å². The molecule has 1 heterocycles. The van der Waals surface area contributed by atoms with Gasteiger partial charge in [0.2, 0.25) is 5.75 Å². The largest absolute Gasteiger partial charge is 0.507 e. The third kappa shape index (κ3) is 4.25. The van der Waals surface area contributed by atoms with Crippen LogP contribution in [0.4, 0.5) is 5.69 Å². The van der Waals surface area contributed by atoms with E-state index in [0.717, 1.165) is 0 Å². The minimum Gasteiger partial charge on any atom is -0.507 e. The van der Waals surface area contributed by atoms with Crippen molar-refractivity contribution >= 4 is 34.8 Å². The highest BCUT2D eigenvalue weighted by Gasteiger charge is 2.28. The number of anilines is 1. The highest BCUT2D eigenvalue weighted by molar-refractivity contribution is 6.08. The molecule has 9 nitrogen and oxygen atoms in total. The lowest BCUT2D eigenvalue weighted by Gasteiger charge is -2.21. The van der Waals surface area contributed by atoms with E-state index in [1.165, 1.54) is 39.1 Å². The van der Waals surface area contributed by atoms with Crippen LogP contribution in [0.15, 0.2) is 59.4 Å². The van der Waals surface area contributed by atoms with Gasteiger partial charge >= 0.3 is 5.97 Å². The van der Waals surface area contributed by atoms with Crippen molar-refractivity contribution in [2.45, 2.75) is 0 Å². The highest BCUT2D eigenvalue weighted by Crippen LogP contribution is 2.44. The third-order valence-electron chi connectivity index (χ3n) is 5.67. The number of methoxy groups -OCH3 is 4. The smallest absolute Gasteiger partial charge is 0.355 e. The van der Waals surface area contributed by atoms with E-state index in [2.05, 4.69) is 0 Å². The van der Waals surface area contributed by atoms with Gasteiger partial charge in [0, 0.05) is 22.3 Å². The van der Waals surface area contributed by atoms with Gasteiger partial charge in [0.05, 0.1) is 33.8 Å². The summed E-state index contributed by atoms with van der Waals surface area (Å²) in [5.41, 5.74) is 6.84. The van der Waals surface area contributed by atoms with E-state index in [0.29, 0.717) is 45.1 Å². The molecule has 4 aromatic rings. The first-order chi connectivity index (χ1) is 16.9. The molecule has 0 saturated heterocycles. The van der Waals surface area contributed by atoms with Crippen LogP contribution >= 0.6 is 12.4 Å². The summed E-state index contributed by atoms with van der Waals surface area (Å²) in [6.45, 7) is 0. The van der Waals surface area contributed by atoms with Gasteiger partial charge in [-0.1, -0.05) is 12.1 Å². The first kappa shape index (κ1) is 26.2. The molecule has 0 atom stereocenters. The van der Waals surface area contributed by atoms with E-state index in [1.807, 2.05) is 0 Å². The number of carbonyl (C=O) groups excluding carboxylic acids is 1. The molecule has 4 rings (SSSR count). The molecule has 0 radical (unpaired) electrons. The van der Waals surface area contributed by atoms with Crippen molar-refractivity contribution in [2.24, 2.45) is 0 Å². The Morgan fingerprint density at radius 3 is 2.06 bits per heavy atom. The SMILES string of the molecule is COC(=O)c1c(-c2cc(OC)c(OC)c(OC)c2)c2cccc(O)c2c(=O)n1-c1ccc(N)cc1.Cl. The summed E-state index contributed by atoms with van der Waals surface area (Å²) >= 11 is 0. The van der Waals surface area contributed by atoms with Crippen molar-refractivity contribution in [3.63, 3.8) is 0 Å². The lowest BCUT2D eigenvalue weighted by atomic mass is 9.95. The number of phenols is 1. The molecule has 3 aromatic carbocycles. The number of hydrogen-bond acceptors (Lipinski definition) is 8. The predicted molar refractivity (Wildman–Crippen MR) is 139 cm³/mol. The normalized spacial score (nSPS) is 10.4. The van der Waals surface area contributed by atoms with Gasteiger partial charge in [-0.3, -0.25) is 9.36 Å². The van der Waals surface area contributed by atoms with Crippen LogP contribution in [0.5, 0.6) is 23.0 Å². The summed E-state index contributed by atoms with van der Waals surface area (Å²) in [6, 6.07) is 14.4. The lowest BCUT2D eigenvalue weighted by Crippen LogP contribution is -2.27. The zero-order chi connectivity index (χ0) is 25.3. The first-order valence-corrected chi connectivity index (χ1v) is 10.5. The number of nitrogens with two attached hydrogens (primary N) is 1. The van der Waals surface area contributed by atoms with Crippen LogP contribution in [-0.4, -0.2) is 44.1 Å². The molecule has 0 aliphatic heterocycles. The van der Waals surface area contributed by atoms with E-state index >= 15 is 0 Å². The second kappa shape index (κ2) is 10.5. The molecule has 0 amide bonds. The number of carbonyl (C=O) groups is 1. The summed E-state index contributed by atoms with van der Waals surface area (Å²) in [6.07, 6.45) is 0. The van der Waals surface area contributed by atoms with E-state index in [4.69, 9.17) is 24.7 Å². The van der Waals surface area contributed by atoms with E-state index in [-0.39, 0.29) is 29.2 Å². The number of nitrogens with zero attached hydrogens (tertiary/aromatic N) is 1. The Kier molecular flexibility index (Phi) is 7.65. The Labute approximate surface area is 213 Å². The van der Waals surface area contributed by atoms with Crippen molar-refractivity contribution in [3.8, 4) is 39.8 Å². The number of esters is 1.